The fourth-order valence-corrected chi connectivity index (χ4v) is 3.16. The maximum absolute atomic E-state index is 10.5. The Morgan fingerprint density at radius 2 is 1.85 bits per heavy atom. The van der Waals surface area contributed by atoms with Crippen LogP contribution in [0.3, 0.4) is 0 Å². The van der Waals surface area contributed by atoms with E-state index in [1.165, 1.54) is 38.5 Å². The average Bonchev–Trinajstić information content (AvgIpc) is 2.76. The van der Waals surface area contributed by atoms with Gasteiger partial charge in [0.05, 0.1) is 13.2 Å². The number of hydrogen-bond acceptors (Lipinski definition) is 3. The molecule has 112 valence electrons. The SMILES string of the molecule is COc1ccccc1C(O)CN(C)C1CCCCCC1. The number of rotatable bonds is 5. The second-order valence-electron chi connectivity index (χ2n) is 5.84. The summed E-state index contributed by atoms with van der Waals surface area (Å²) in [5.74, 6) is 0.772. The molecule has 3 heteroatoms. The molecule has 1 aliphatic carbocycles. The van der Waals surface area contributed by atoms with Crippen LogP contribution in [-0.4, -0.2) is 36.8 Å². The third kappa shape index (κ3) is 3.97. The molecule has 1 aromatic carbocycles. The monoisotopic (exact) mass is 277 g/mol. The van der Waals surface area contributed by atoms with Crippen LogP contribution < -0.4 is 4.74 Å². The van der Waals surface area contributed by atoms with E-state index in [-0.39, 0.29) is 0 Å². The number of ether oxygens (including phenoxy) is 1. The molecule has 1 saturated carbocycles. The molecule has 0 spiro atoms. The Morgan fingerprint density at radius 1 is 1.20 bits per heavy atom. The van der Waals surface area contributed by atoms with Crippen molar-refractivity contribution in [1.82, 2.24) is 4.90 Å². The van der Waals surface area contributed by atoms with Crippen molar-refractivity contribution >= 4 is 0 Å². The van der Waals surface area contributed by atoms with Gasteiger partial charge in [-0.3, -0.25) is 0 Å². The number of aliphatic hydroxyl groups excluding tert-OH is 1. The molecule has 0 radical (unpaired) electrons. The molecule has 0 aromatic heterocycles. The molecule has 1 aromatic rings. The molecule has 1 atom stereocenters. The van der Waals surface area contributed by atoms with Crippen LogP contribution in [0.5, 0.6) is 5.75 Å². The van der Waals surface area contributed by atoms with Gasteiger partial charge in [-0.2, -0.15) is 0 Å². The molecule has 1 unspecified atom stereocenters. The van der Waals surface area contributed by atoms with Crippen molar-refractivity contribution in [2.75, 3.05) is 20.7 Å². The van der Waals surface area contributed by atoms with Gasteiger partial charge < -0.3 is 14.7 Å². The smallest absolute Gasteiger partial charge is 0.124 e. The highest BCUT2D eigenvalue weighted by Crippen LogP contribution is 2.27. The molecule has 2 rings (SSSR count). The van der Waals surface area contributed by atoms with Gasteiger partial charge in [0.25, 0.3) is 0 Å². The predicted octanol–water partition coefficient (Wildman–Crippen LogP) is 3.38. The van der Waals surface area contributed by atoms with Crippen molar-refractivity contribution in [2.45, 2.75) is 50.7 Å². The average molecular weight is 277 g/mol. The molecular weight excluding hydrogens is 250 g/mol. The molecule has 0 amide bonds. The van der Waals surface area contributed by atoms with Crippen molar-refractivity contribution in [3.63, 3.8) is 0 Å². The zero-order valence-corrected chi connectivity index (χ0v) is 12.7. The summed E-state index contributed by atoms with van der Waals surface area (Å²) in [5, 5.41) is 10.5. The van der Waals surface area contributed by atoms with Gasteiger partial charge >= 0.3 is 0 Å². The van der Waals surface area contributed by atoms with Gasteiger partial charge in [0.2, 0.25) is 0 Å². The highest BCUT2D eigenvalue weighted by molar-refractivity contribution is 5.35. The second-order valence-corrected chi connectivity index (χ2v) is 5.84. The number of nitrogens with zero attached hydrogens (tertiary/aromatic N) is 1. The van der Waals surface area contributed by atoms with E-state index in [1.54, 1.807) is 7.11 Å². The summed E-state index contributed by atoms with van der Waals surface area (Å²) in [6.07, 6.45) is 7.39. The van der Waals surface area contributed by atoms with Crippen LogP contribution in [0, 0.1) is 0 Å². The predicted molar refractivity (Wildman–Crippen MR) is 82.1 cm³/mol. The minimum atomic E-state index is -0.487. The zero-order chi connectivity index (χ0) is 14.4. The van der Waals surface area contributed by atoms with Crippen molar-refractivity contribution in [3.8, 4) is 5.75 Å². The lowest BCUT2D eigenvalue weighted by atomic mass is 10.0. The summed E-state index contributed by atoms with van der Waals surface area (Å²) < 4.78 is 5.33. The quantitative estimate of drug-likeness (QED) is 0.837. The lowest BCUT2D eigenvalue weighted by Crippen LogP contribution is -2.34. The van der Waals surface area contributed by atoms with E-state index in [1.807, 2.05) is 24.3 Å². The van der Waals surface area contributed by atoms with E-state index in [0.29, 0.717) is 12.6 Å². The van der Waals surface area contributed by atoms with E-state index in [4.69, 9.17) is 4.74 Å². The molecule has 1 aliphatic rings. The maximum Gasteiger partial charge on any atom is 0.124 e. The first-order valence-electron chi connectivity index (χ1n) is 7.73. The van der Waals surface area contributed by atoms with E-state index >= 15 is 0 Å². The second kappa shape index (κ2) is 7.65. The Balaban J connectivity index is 1.97. The van der Waals surface area contributed by atoms with E-state index in [2.05, 4.69) is 11.9 Å². The van der Waals surface area contributed by atoms with Crippen molar-refractivity contribution in [1.29, 1.82) is 0 Å². The minimum absolute atomic E-state index is 0.487. The fraction of sp³-hybridized carbons (Fsp3) is 0.647. The van der Waals surface area contributed by atoms with Crippen LogP contribution in [0.4, 0.5) is 0 Å². The van der Waals surface area contributed by atoms with E-state index in [0.717, 1.165) is 11.3 Å². The number of hydrogen-bond donors (Lipinski definition) is 1. The number of benzene rings is 1. The van der Waals surface area contributed by atoms with Crippen LogP contribution in [0.1, 0.15) is 50.2 Å². The lowest BCUT2D eigenvalue weighted by Gasteiger charge is -2.29. The Morgan fingerprint density at radius 3 is 2.50 bits per heavy atom. The Labute approximate surface area is 122 Å². The summed E-state index contributed by atoms with van der Waals surface area (Å²) in [7, 11) is 3.79. The number of para-hydroxylation sites is 1. The molecule has 0 heterocycles. The van der Waals surface area contributed by atoms with Crippen LogP contribution >= 0.6 is 0 Å². The zero-order valence-electron chi connectivity index (χ0n) is 12.7. The molecule has 1 N–H and O–H groups in total. The van der Waals surface area contributed by atoms with E-state index in [9.17, 15) is 5.11 Å². The molecule has 1 fully saturated rings. The molecule has 0 aliphatic heterocycles. The Kier molecular flexibility index (Phi) is 5.86. The van der Waals surface area contributed by atoms with Crippen LogP contribution in [-0.2, 0) is 0 Å². The Hall–Kier alpha value is -1.06. The van der Waals surface area contributed by atoms with Gasteiger partial charge in [-0.25, -0.2) is 0 Å². The maximum atomic E-state index is 10.5. The Bertz CT molecular complexity index is 400. The summed E-state index contributed by atoms with van der Waals surface area (Å²) in [6.45, 7) is 0.672. The fourth-order valence-electron chi connectivity index (χ4n) is 3.16. The standard InChI is InChI=1S/C17H27NO2/c1-18(14-9-5-3-4-6-10-14)13-16(19)15-11-7-8-12-17(15)20-2/h7-8,11-12,14,16,19H,3-6,9-10,13H2,1-2H3. The first-order chi connectivity index (χ1) is 9.72. The highest BCUT2D eigenvalue weighted by Gasteiger charge is 2.21. The van der Waals surface area contributed by atoms with Gasteiger partial charge in [0, 0.05) is 18.2 Å². The summed E-state index contributed by atoms with van der Waals surface area (Å²) >= 11 is 0. The summed E-state index contributed by atoms with van der Waals surface area (Å²) in [4.78, 5) is 2.32. The minimum Gasteiger partial charge on any atom is -0.496 e. The molecule has 3 nitrogen and oxygen atoms in total. The lowest BCUT2D eigenvalue weighted by molar-refractivity contribution is 0.0971. The van der Waals surface area contributed by atoms with Gasteiger partial charge in [-0.05, 0) is 26.0 Å². The van der Waals surface area contributed by atoms with Crippen LogP contribution in [0.15, 0.2) is 24.3 Å². The van der Waals surface area contributed by atoms with Crippen molar-refractivity contribution in [3.05, 3.63) is 29.8 Å². The summed E-state index contributed by atoms with van der Waals surface area (Å²) in [6, 6.07) is 8.35. The van der Waals surface area contributed by atoms with Gasteiger partial charge in [-0.1, -0.05) is 43.9 Å². The van der Waals surface area contributed by atoms with Crippen molar-refractivity contribution < 1.29 is 9.84 Å². The first-order valence-corrected chi connectivity index (χ1v) is 7.73. The molecule has 0 bridgehead atoms. The number of methoxy groups -OCH3 is 1. The third-order valence-electron chi connectivity index (χ3n) is 4.41. The van der Waals surface area contributed by atoms with Crippen LogP contribution in [0.2, 0.25) is 0 Å². The van der Waals surface area contributed by atoms with Crippen LogP contribution in [0.25, 0.3) is 0 Å². The number of aliphatic hydroxyl groups is 1. The molecule has 0 saturated heterocycles. The van der Waals surface area contributed by atoms with Gasteiger partial charge in [-0.15, -0.1) is 0 Å². The van der Waals surface area contributed by atoms with E-state index < -0.39 is 6.10 Å². The molecular formula is C17H27NO2. The normalized spacial score (nSPS) is 18.8. The first kappa shape index (κ1) is 15.3. The molecule has 20 heavy (non-hydrogen) atoms. The number of likely N-dealkylation sites (N-methyl/N-ethyl adjacent to an activating group) is 1. The highest BCUT2D eigenvalue weighted by atomic mass is 16.5. The van der Waals surface area contributed by atoms with Gasteiger partial charge in [0.1, 0.15) is 5.75 Å². The summed E-state index contributed by atoms with van der Waals surface area (Å²) in [5.41, 5.74) is 0.885. The topological polar surface area (TPSA) is 32.7 Å². The van der Waals surface area contributed by atoms with Crippen molar-refractivity contribution in [2.24, 2.45) is 0 Å². The van der Waals surface area contributed by atoms with Gasteiger partial charge in [0.15, 0.2) is 0 Å². The largest absolute Gasteiger partial charge is 0.496 e. The third-order valence-corrected chi connectivity index (χ3v) is 4.41.